The molecule has 3 aromatic rings. The van der Waals surface area contributed by atoms with Crippen LogP contribution in [0.25, 0.3) is 21.3 Å². The number of halogens is 3. The summed E-state index contributed by atoms with van der Waals surface area (Å²) in [6.07, 6.45) is -3.72. The van der Waals surface area contributed by atoms with Gasteiger partial charge in [0.05, 0.1) is 34.4 Å². The van der Waals surface area contributed by atoms with Crippen LogP contribution in [0.4, 0.5) is 13.2 Å². The zero-order chi connectivity index (χ0) is 20.8. The summed E-state index contributed by atoms with van der Waals surface area (Å²) in [5.74, 6) is -0.00438. The maximum absolute atomic E-state index is 12.5. The van der Waals surface area contributed by atoms with Crippen LogP contribution in [-0.2, 0) is 4.79 Å². The SMILES string of the molecule is C[C@@H](O)c1nc2cnc3ccsc3c2n1[C@H]1CCCN(C(=O)CCC(F)(F)F)C1. The summed E-state index contributed by atoms with van der Waals surface area (Å²) in [6, 6.07) is 1.74. The van der Waals surface area contributed by atoms with Gasteiger partial charge in [-0.15, -0.1) is 11.3 Å². The van der Waals surface area contributed by atoms with Crippen LogP contribution >= 0.6 is 11.3 Å². The molecule has 0 unspecified atom stereocenters. The Hall–Kier alpha value is -2.20. The van der Waals surface area contributed by atoms with Crippen LogP contribution in [0.5, 0.6) is 0 Å². The Balaban J connectivity index is 1.69. The first-order valence-corrected chi connectivity index (χ1v) is 10.4. The van der Waals surface area contributed by atoms with E-state index in [1.807, 2.05) is 16.0 Å². The molecule has 1 saturated heterocycles. The maximum Gasteiger partial charge on any atom is 0.389 e. The highest BCUT2D eigenvalue weighted by Gasteiger charge is 2.32. The van der Waals surface area contributed by atoms with Crippen molar-refractivity contribution in [1.29, 1.82) is 0 Å². The third-order valence-corrected chi connectivity index (χ3v) is 6.17. The molecule has 0 radical (unpaired) electrons. The average molecular weight is 426 g/mol. The van der Waals surface area contributed by atoms with E-state index in [4.69, 9.17) is 0 Å². The molecule has 0 aliphatic carbocycles. The third-order valence-electron chi connectivity index (χ3n) is 5.26. The van der Waals surface area contributed by atoms with Crippen LogP contribution in [0.1, 0.15) is 50.6 Å². The second kappa shape index (κ2) is 7.56. The molecule has 4 rings (SSSR count). The number of piperidine rings is 1. The predicted molar refractivity (Wildman–Crippen MR) is 104 cm³/mol. The van der Waals surface area contributed by atoms with Gasteiger partial charge in [-0.3, -0.25) is 9.78 Å². The Morgan fingerprint density at radius 2 is 2.21 bits per heavy atom. The fraction of sp³-hybridized carbons (Fsp3) is 0.526. The molecule has 1 aliphatic rings. The Morgan fingerprint density at radius 1 is 1.41 bits per heavy atom. The third kappa shape index (κ3) is 3.95. The molecule has 1 N–H and O–H groups in total. The summed E-state index contributed by atoms with van der Waals surface area (Å²) in [5.41, 5.74) is 2.35. The number of hydrogen-bond acceptors (Lipinski definition) is 5. The average Bonchev–Trinajstić information content (AvgIpc) is 3.29. The molecular weight excluding hydrogens is 405 g/mol. The molecule has 0 aromatic carbocycles. The lowest BCUT2D eigenvalue weighted by Gasteiger charge is -2.35. The van der Waals surface area contributed by atoms with Crippen LogP contribution in [0.3, 0.4) is 0 Å². The topological polar surface area (TPSA) is 71.2 Å². The van der Waals surface area contributed by atoms with Crippen molar-refractivity contribution in [2.45, 2.75) is 50.9 Å². The smallest absolute Gasteiger partial charge is 0.385 e. The molecule has 3 aromatic heterocycles. The number of pyridine rings is 1. The molecule has 6 nitrogen and oxygen atoms in total. The number of carbonyl (C=O) groups is 1. The van der Waals surface area contributed by atoms with Gasteiger partial charge in [0.25, 0.3) is 0 Å². The first-order chi connectivity index (χ1) is 13.7. The number of aliphatic hydroxyl groups excluding tert-OH is 1. The summed E-state index contributed by atoms with van der Waals surface area (Å²) in [4.78, 5) is 22.8. The quantitative estimate of drug-likeness (QED) is 0.679. The van der Waals surface area contributed by atoms with E-state index in [2.05, 4.69) is 9.97 Å². The van der Waals surface area contributed by atoms with Gasteiger partial charge in [0.15, 0.2) is 0 Å². The number of hydrogen-bond donors (Lipinski definition) is 1. The number of aliphatic hydroxyl groups is 1. The minimum absolute atomic E-state index is 0.166. The van der Waals surface area contributed by atoms with E-state index in [1.54, 1.807) is 13.1 Å². The second-order valence-corrected chi connectivity index (χ2v) is 8.31. The Labute approximate surface area is 169 Å². The first-order valence-electron chi connectivity index (χ1n) is 9.51. The number of nitrogens with zero attached hydrogens (tertiary/aromatic N) is 4. The molecule has 1 fully saturated rings. The first kappa shape index (κ1) is 20.1. The largest absolute Gasteiger partial charge is 0.389 e. The van der Waals surface area contributed by atoms with E-state index in [0.29, 0.717) is 30.9 Å². The molecule has 4 heterocycles. The van der Waals surface area contributed by atoms with Gasteiger partial charge >= 0.3 is 6.18 Å². The standard InChI is InChI=1S/C19H21F3N4O2S/c1-11(27)18-24-14-9-23-13-5-8-29-17(13)16(14)26(18)12-3-2-7-25(10-12)15(28)4-6-19(20,21)22/h5,8-9,11-12,27H,2-4,6-7,10H2,1H3/t11-,12+/m1/s1. The van der Waals surface area contributed by atoms with Crippen molar-refractivity contribution in [3.05, 3.63) is 23.5 Å². The van der Waals surface area contributed by atoms with Gasteiger partial charge in [-0.2, -0.15) is 13.2 Å². The van der Waals surface area contributed by atoms with Crippen LogP contribution < -0.4 is 0 Å². The summed E-state index contributed by atoms with van der Waals surface area (Å²) < 4.78 is 40.4. The van der Waals surface area contributed by atoms with E-state index in [-0.39, 0.29) is 6.04 Å². The normalized spacial score (nSPS) is 19.2. The zero-order valence-corrected chi connectivity index (χ0v) is 16.6. The zero-order valence-electron chi connectivity index (χ0n) is 15.8. The number of amides is 1. The van der Waals surface area contributed by atoms with Crippen molar-refractivity contribution in [2.24, 2.45) is 0 Å². The summed E-state index contributed by atoms with van der Waals surface area (Å²) in [7, 11) is 0. The number of alkyl halides is 3. The molecule has 10 heteroatoms. The lowest BCUT2D eigenvalue weighted by Crippen LogP contribution is -2.41. The van der Waals surface area contributed by atoms with Crippen molar-refractivity contribution in [3.63, 3.8) is 0 Å². The van der Waals surface area contributed by atoms with Crippen LogP contribution in [0.2, 0.25) is 0 Å². The Morgan fingerprint density at radius 3 is 2.93 bits per heavy atom. The van der Waals surface area contributed by atoms with E-state index < -0.39 is 31.0 Å². The Bertz CT molecular complexity index is 1040. The monoisotopic (exact) mass is 426 g/mol. The van der Waals surface area contributed by atoms with Crippen molar-refractivity contribution < 1.29 is 23.1 Å². The molecule has 0 bridgehead atoms. The second-order valence-electron chi connectivity index (χ2n) is 7.39. The van der Waals surface area contributed by atoms with E-state index >= 15 is 0 Å². The number of rotatable bonds is 4. The molecule has 29 heavy (non-hydrogen) atoms. The van der Waals surface area contributed by atoms with E-state index in [1.165, 1.54) is 16.2 Å². The number of likely N-dealkylation sites (tertiary alicyclic amines) is 1. The number of fused-ring (bicyclic) bond motifs is 3. The number of aromatic nitrogens is 3. The van der Waals surface area contributed by atoms with Crippen molar-refractivity contribution >= 4 is 38.5 Å². The maximum atomic E-state index is 12.5. The highest BCUT2D eigenvalue weighted by Crippen LogP contribution is 2.35. The summed E-state index contributed by atoms with van der Waals surface area (Å²) in [6.45, 7) is 2.38. The number of thiophene rings is 1. The lowest BCUT2D eigenvalue weighted by atomic mass is 10.0. The molecule has 0 saturated carbocycles. The van der Waals surface area contributed by atoms with Gasteiger partial charge in [0, 0.05) is 19.5 Å². The van der Waals surface area contributed by atoms with E-state index in [9.17, 15) is 23.1 Å². The fourth-order valence-electron chi connectivity index (χ4n) is 3.96. The molecule has 0 spiro atoms. The molecular formula is C19H21F3N4O2S. The van der Waals surface area contributed by atoms with Gasteiger partial charge in [-0.05, 0) is 31.2 Å². The fourth-order valence-corrected chi connectivity index (χ4v) is 4.85. The van der Waals surface area contributed by atoms with Gasteiger partial charge in [0.1, 0.15) is 17.4 Å². The number of carbonyl (C=O) groups excluding carboxylic acids is 1. The Kier molecular flexibility index (Phi) is 5.24. The molecule has 2 atom stereocenters. The highest BCUT2D eigenvalue weighted by atomic mass is 32.1. The number of imidazole rings is 1. The summed E-state index contributed by atoms with van der Waals surface area (Å²) in [5, 5.41) is 12.2. The van der Waals surface area contributed by atoms with Crippen molar-refractivity contribution in [3.8, 4) is 0 Å². The van der Waals surface area contributed by atoms with Crippen molar-refractivity contribution in [2.75, 3.05) is 13.1 Å². The molecule has 1 amide bonds. The minimum Gasteiger partial charge on any atom is -0.385 e. The van der Waals surface area contributed by atoms with Gasteiger partial charge in [-0.1, -0.05) is 0 Å². The van der Waals surface area contributed by atoms with Gasteiger partial charge in [0.2, 0.25) is 5.91 Å². The minimum atomic E-state index is -4.34. The van der Waals surface area contributed by atoms with Gasteiger partial charge < -0.3 is 14.6 Å². The van der Waals surface area contributed by atoms with Crippen LogP contribution in [-0.4, -0.2) is 49.7 Å². The van der Waals surface area contributed by atoms with Crippen molar-refractivity contribution in [1.82, 2.24) is 19.4 Å². The lowest BCUT2D eigenvalue weighted by molar-refractivity contribution is -0.150. The summed E-state index contributed by atoms with van der Waals surface area (Å²) >= 11 is 1.53. The van der Waals surface area contributed by atoms with E-state index in [0.717, 1.165) is 22.2 Å². The van der Waals surface area contributed by atoms with Gasteiger partial charge in [-0.25, -0.2) is 4.98 Å². The molecule has 1 aliphatic heterocycles. The molecule has 156 valence electrons. The van der Waals surface area contributed by atoms with Crippen LogP contribution in [0, 0.1) is 0 Å². The predicted octanol–water partition coefficient (Wildman–Crippen LogP) is 4.21. The highest BCUT2D eigenvalue weighted by molar-refractivity contribution is 7.18. The van der Waals surface area contributed by atoms with Crippen LogP contribution in [0.15, 0.2) is 17.6 Å².